The van der Waals surface area contributed by atoms with Crippen LogP contribution in [0.5, 0.6) is 11.5 Å². The van der Waals surface area contributed by atoms with Gasteiger partial charge in [0.2, 0.25) is 0 Å². The maximum Gasteiger partial charge on any atom is 0.119 e. The molecule has 136 valence electrons. The Bertz CT molecular complexity index is 644. The highest BCUT2D eigenvalue weighted by molar-refractivity contribution is 5.41. The maximum absolute atomic E-state index is 10.0. The number of phenolic OH excluding ortho intramolecular Hbond substituents is 1. The average Bonchev–Trinajstić information content (AvgIpc) is 2.60. The van der Waals surface area contributed by atoms with Crippen LogP contribution in [-0.4, -0.2) is 22.9 Å². The zero-order chi connectivity index (χ0) is 18.4. The normalized spacial score (nSPS) is 14.1. The van der Waals surface area contributed by atoms with Gasteiger partial charge in [0, 0.05) is 5.41 Å². The summed E-state index contributed by atoms with van der Waals surface area (Å²) < 4.78 is 5.72. The van der Waals surface area contributed by atoms with Crippen molar-refractivity contribution >= 4 is 0 Å². The molecule has 25 heavy (non-hydrogen) atoms. The summed E-state index contributed by atoms with van der Waals surface area (Å²) in [6, 6.07) is 15.4. The van der Waals surface area contributed by atoms with E-state index in [9.17, 15) is 10.2 Å². The number of rotatable bonds is 8. The zero-order valence-electron chi connectivity index (χ0n) is 15.7. The van der Waals surface area contributed by atoms with Gasteiger partial charge in [-0.3, -0.25) is 0 Å². The molecule has 0 spiro atoms. The van der Waals surface area contributed by atoms with Crippen LogP contribution < -0.4 is 4.74 Å². The molecular formula is C22H30O3. The number of hydrogen-bond acceptors (Lipinski definition) is 3. The van der Waals surface area contributed by atoms with Crippen LogP contribution in [0, 0.1) is 5.92 Å². The van der Waals surface area contributed by atoms with Crippen LogP contribution in [0.2, 0.25) is 0 Å². The molecule has 2 atom stereocenters. The van der Waals surface area contributed by atoms with E-state index in [1.54, 1.807) is 12.1 Å². The third-order valence-electron chi connectivity index (χ3n) is 4.98. The van der Waals surface area contributed by atoms with Gasteiger partial charge >= 0.3 is 0 Å². The highest BCUT2D eigenvalue weighted by atomic mass is 16.5. The molecule has 2 rings (SSSR count). The fourth-order valence-corrected chi connectivity index (χ4v) is 2.90. The van der Waals surface area contributed by atoms with Crippen LogP contribution in [0.15, 0.2) is 48.5 Å². The molecule has 0 aliphatic rings. The lowest BCUT2D eigenvalue weighted by Gasteiger charge is -2.26. The predicted octanol–water partition coefficient (Wildman–Crippen LogP) is 4.89. The zero-order valence-corrected chi connectivity index (χ0v) is 15.7. The van der Waals surface area contributed by atoms with Gasteiger partial charge in [0.25, 0.3) is 0 Å². The number of benzene rings is 2. The van der Waals surface area contributed by atoms with Crippen molar-refractivity contribution in [1.29, 1.82) is 0 Å². The van der Waals surface area contributed by atoms with Crippen molar-refractivity contribution in [2.45, 2.75) is 52.1 Å². The Morgan fingerprint density at radius 1 is 0.960 bits per heavy atom. The van der Waals surface area contributed by atoms with Gasteiger partial charge in [-0.25, -0.2) is 0 Å². The molecule has 2 unspecified atom stereocenters. The fraction of sp³-hybridized carbons (Fsp3) is 0.455. The van der Waals surface area contributed by atoms with Crippen LogP contribution in [0.4, 0.5) is 0 Å². The summed E-state index contributed by atoms with van der Waals surface area (Å²) in [5, 5.41) is 19.5. The first-order valence-electron chi connectivity index (χ1n) is 9.03. The molecule has 0 fully saturated rings. The summed E-state index contributed by atoms with van der Waals surface area (Å²) in [4.78, 5) is 0. The molecule has 0 aliphatic carbocycles. The SMILES string of the molecule is CCC(C)CC(O)COc1ccc(C(C)(C)c2ccc(O)cc2)cc1. The monoisotopic (exact) mass is 342 g/mol. The van der Waals surface area contributed by atoms with Crippen LogP contribution >= 0.6 is 0 Å². The van der Waals surface area contributed by atoms with Gasteiger partial charge in [0.1, 0.15) is 18.1 Å². The molecule has 3 heteroatoms. The number of aliphatic hydroxyl groups is 1. The number of aliphatic hydroxyl groups excluding tert-OH is 1. The van der Waals surface area contributed by atoms with Crippen molar-refractivity contribution in [3.8, 4) is 11.5 Å². The average molecular weight is 342 g/mol. The first-order valence-corrected chi connectivity index (χ1v) is 9.03. The topological polar surface area (TPSA) is 49.7 Å². The van der Waals surface area contributed by atoms with E-state index in [0.29, 0.717) is 12.5 Å². The van der Waals surface area contributed by atoms with Crippen LogP contribution in [-0.2, 0) is 5.41 Å². The van der Waals surface area contributed by atoms with Crippen molar-refractivity contribution in [3.63, 3.8) is 0 Å². The second-order valence-electron chi connectivity index (χ2n) is 7.41. The quantitative estimate of drug-likeness (QED) is 0.718. The van der Waals surface area contributed by atoms with Gasteiger partial charge in [-0.1, -0.05) is 58.4 Å². The summed E-state index contributed by atoms with van der Waals surface area (Å²) in [5.41, 5.74) is 2.15. The Labute approximate surface area is 151 Å². The number of hydrogen-bond donors (Lipinski definition) is 2. The Balaban J connectivity index is 2.00. The Morgan fingerprint density at radius 3 is 2.00 bits per heavy atom. The summed E-state index contributed by atoms with van der Waals surface area (Å²) in [5.74, 6) is 1.56. The molecule has 0 saturated carbocycles. The van der Waals surface area contributed by atoms with Crippen molar-refractivity contribution in [2.75, 3.05) is 6.61 Å². The van der Waals surface area contributed by atoms with E-state index < -0.39 is 6.10 Å². The maximum atomic E-state index is 10.0. The third-order valence-corrected chi connectivity index (χ3v) is 4.98. The standard InChI is InChI=1S/C22H30O3/c1-5-16(2)14-20(24)15-25-21-12-8-18(9-13-21)22(3,4)17-6-10-19(23)11-7-17/h6-13,16,20,23-24H,5,14-15H2,1-4H3. The summed E-state index contributed by atoms with van der Waals surface area (Å²) in [7, 11) is 0. The first-order chi connectivity index (χ1) is 11.8. The number of ether oxygens (including phenoxy) is 1. The first kappa shape index (κ1) is 19.3. The lowest BCUT2D eigenvalue weighted by atomic mass is 9.78. The van der Waals surface area contributed by atoms with Crippen molar-refractivity contribution in [1.82, 2.24) is 0 Å². The Morgan fingerprint density at radius 2 is 1.48 bits per heavy atom. The molecule has 2 aromatic rings. The number of aromatic hydroxyl groups is 1. The summed E-state index contributed by atoms with van der Waals surface area (Å²) in [6.45, 7) is 8.91. The van der Waals surface area contributed by atoms with Crippen LogP contribution in [0.25, 0.3) is 0 Å². The minimum absolute atomic E-state index is 0.164. The molecule has 3 nitrogen and oxygen atoms in total. The Kier molecular flexibility index (Phi) is 6.49. The third kappa shape index (κ3) is 5.23. The van der Waals surface area contributed by atoms with Crippen LogP contribution in [0.3, 0.4) is 0 Å². The molecule has 0 saturated heterocycles. The van der Waals surface area contributed by atoms with E-state index in [-0.39, 0.29) is 11.2 Å². The predicted molar refractivity (Wildman–Crippen MR) is 102 cm³/mol. The summed E-state index contributed by atoms with van der Waals surface area (Å²) in [6.07, 6.45) is 1.41. The highest BCUT2D eigenvalue weighted by Crippen LogP contribution is 2.33. The van der Waals surface area contributed by atoms with Crippen molar-refractivity contribution < 1.29 is 14.9 Å². The molecule has 0 bridgehead atoms. The lowest BCUT2D eigenvalue weighted by Crippen LogP contribution is -2.20. The van der Waals surface area contributed by atoms with E-state index in [1.165, 1.54) is 5.56 Å². The van der Waals surface area contributed by atoms with E-state index in [0.717, 1.165) is 24.2 Å². The van der Waals surface area contributed by atoms with Crippen molar-refractivity contribution in [2.24, 2.45) is 5.92 Å². The van der Waals surface area contributed by atoms with Gasteiger partial charge in [0.15, 0.2) is 0 Å². The molecule has 0 amide bonds. The largest absolute Gasteiger partial charge is 0.508 e. The van der Waals surface area contributed by atoms with Gasteiger partial charge in [-0.05, 0) is 47.7 Å². The van der Waals surface area contributed by atoms with Crippen molar-refractivity contribution in [3.05, 3.63) is 59.7 Å². The molecule has 0 aromatic heterocycles. The van der Waals surface area contributed by atoms with Gasteiger partial charge in [-0.15, -0.1) is 0 Å². The Hall–Kier alpha value is -2.00. The minimum Gasteiger partial charge on any atom is -0.508 e. The molecule has 0 aliphatic heterocycles. The van der Waals surface area contributed by atoms with E-state index in [2.05, 4.69) is 39.8 Å². The molecule has 2 aromatic carbocycles. The highest BCUT2D eigenvalue weighted by Gasteiger charge is 2.23. The van der Waals surface area contributed by atoms with E-state index >= 15 is 0 Å². The van der Waals surface area contributed by atoms with Gasteiger partial charge in [0.05, 0.1) is 6.10 Å². The van der Waals surface area contributed by atoms with Gasteiger partial charge in [-0.2, -0.15) is 0 Å². The fourth-order valence-electron chi connectivity index (χ4n) is 2.90. The van der Waals surface area contributed by atoms with E-state index in [4.69, 9.17) is 4.74 Å². The molecular weight excluding hydrogens is 312 g/mol. The smallest absolute Gasteiger partial charge is 0.119 e. The van der Waals surface area contributed by atoms with E-state index in [1.807, 2.05) is 24.3 Å². The number of phenols is 1. The summed E-state index contributed by atoms with van der Waals surface area (Å²) >= 11 is 0. The van der Waals surface area contributed by atoms with Gasteiger partial charge < -0.3 is 14.9 Å². The van der Waals surface area contributed by atoms with Crippen LogP contribution in [0.1, 0.15) is 51.7 Å². The minimum atomic E-state index is -0.428. The molecule has 0 heterocycles. The molecule has 2 N–H and O–H groups in total. The lowest BCUT2D eigenvalue weighted by molar-refractivity contribution is 0.0865. The second-order valence-corrected chi connectivity index (χ2v) is 7.41. The molecule has 0 radical (unpaired) electrons. The second kappa shape index (κ2) is 8.39.